The molecule has 2 heteroatoms. The van der Waals surface area contributed by atoms with Gasteiger partial charge in [-0.2, -0.15) is 0 Å². The minimum absolute atomic E-state index is 0.368. The van der Waals surface area contributed by atoms with Gasteiger partial charge in [0.05, 0.1) is 6.10 Å². The van der Waals surface area contributed by atoms with Crippen molar-refractivity contribution in [2.24, 2.45) is 0 Å². The predicted molar refractivity (Wildman–Crippen MR) is 116 cm³/mol. The highest BCUT2D eigenvalue weighted by atomic mass is 16.3. The van der Waals surface area contributed by atoms with Gasteiger partial charge in [0.2, 0.25) is 0 Å². The standard InChI is InChI=1S/C25H37NO/c1-3-5-16-26(17-6-4-2)18-15-25(27)24-19-20-11-7-8-12-21(20)22-13-9-10-14-23(22)24/h9-10,13-14,19,25,27H,3-8,11-12,15-18H2,1-2H3/t25-/m1/s1. The number of fused-ring (bicyclic) bond motifs is 3. The number of rotatable bonds is 10. The van der Waals surface area contributed by atoms with Crippen molar-refractivity contribution in [1.29, 1.82) is 0 Å². The highest BCUT2D eigenvalue weighted by Crippen LogP contribution is 2.35. The van der Waals surface area contributed by atoms with Crippen molar-refractivity contribution in [1.82, 2.24) is 4.90 Å². The summed E-state index contributed by atoms with van der Waals surface area (Å²) in [5.41, 5.74) is 4.15. The number of aryl methyl sites for hydroxylation is 2. The van der Waals surface area contributed by atoms with E-state index in [1.54, 1.807) is 0 Å². The minimum Gasteiger partial charge on any atom is -0.388 e. The van der Waals surface area contributed by atoms with Crippen molar-refractivity contribution in [2.75, 3.05) is 19.6 Å². The summed E-state index contributed by atoms with van der Waals surface area (Å²) in [7, 11) is 0. The monoisotopic (exact) mass is 367 g/mol. The van der Waals surface area contributed by atoms with E-state index in [0.29, 0.717) is 0 Å². The lowest BCUT2D eigenvalue weighted by molar-refractivity contribution is 0.141. The number of hydrogen-bond donors (Lipinski definition) is 1. The highest BCUT2D eigenvalue weighted by molar-refractivity contribution is 5.90. The summed E-state index contributed by atoms with van der Waals surface area (Å²) in [6.07, 6.45) is 10.4. The van der Waals surface area contributed by atoms with Gasteiger partial charge in [0, 0.05) is 6.54 Å². The summed E-state index contributed by atoms with van der Waals surface area (Å²) in [6.45, 7) is 7.83. The molecule has 0 amide bonds. The maximum atomic E-state index is 11.1. The first-order valence-corrected chi connectivity index (χ1v) is 11.2. The molecule has 0 bridgehead atoms. The molecular formula is C25H37NO. The fourth-order valence-electron chi connectivity index (χ4n) is 4.49. The van der Waals surface area contributed by atoms with E-state index < -0.39 is 0 Å². The second-order valence-electron chi connectivity index (χ2n) is 8.21. The second kappa shape index (κ2) is 10.2. The van der Waals surface area contributed by atoms with Crippen LogP contribution in [0.3, 0.4) is 0 Å². The lowest BCUT2D eigenvalue weighted by atomic mass is 9.84. The van der Waals surface area contributed by atoms with E-state index in [9.17, 15) is 5.11 Å². The molecule has 0 saturated carbocycles. The molecule has 0 aromatic heterocycles. The molecule has 2 nitrogen and oxygen atoms in total. The zero-order valence-corrected chi connectivity index (χ0v) is 17.3. The average molecular weight is 368 g/mol. The molecule has 0 spiro atoms. The SMILES string of the molecule is CCCCN(CCCC)CC[C@@H](O)c1cc2c(c3ccccc13)CCCC2. The summed E-state index contributed by atoms with van der Waals surface area (Å²) in [6, 6.07) is 11.0. The highest BCUT2D eigenvalue weighted by Gasteiger charge is 2.19. The Morgan fingerprint density at radius 3 is 2.30 bits per heavy atom. The molecule has 27 heavy (non-hydrogen) atoms. The van der Waals surface area contributed by atoms with Crippen molar-refractivity contribution >= 4 is 10.8 Å². The molecule has 0 unspecified atom stereocenters. The van der Waals surface area contributed by atoms with Crippen LogP contribution in [0.15, 0.2) is 30.3 Å². The zero-order valence-electron chi connectivity index (χ0n) is 17.3. The summed E-state index contributed by atoms with van der Waals surface area (Å²) < 4.78 is 0. The Morgan fingerprint density at radius 1 is 0.926 bits per heavy atom. The van der Waals surface area contributed by atoms with Crippen molar-refractivity contribution in [3.8, 4) is 0 Å². The van der Waals surface area contributed by atoms with Crippen molar-refractivity contribution in [2.45, 2.75) is 77.7 Å². The molecule has 0 radical (unpaired) electrons. The van der Waals surface area contributed by atoms with Gasteiger partial charge in [-0.1, -0.05) is 57.0 Å². The van der Waals surface area contributed by atoms with E-state index in [4.69, 9.17) is 0 Å². The maximum Gasteiger partial charge on any atom is 0.0808 e. The topological polar surface area (TPSA) is 23.5 Å². The fourth-order valence-corrected chi connectivity index (χ4v) is 4.49. The molecule has 2 aromatic rings. The summed E-state index contributed by atoms with van der Waals surface area (Å²) in [5, 5.41) is 13.7. The van der Waals surface area contributed by atoms with Gasteiger partial charge in [-0.3, -0.25) is 0 Å². The van der Waals surface area contributed by atoms with Crippen LogP contribution in [0.4, 0.5) is 0 Å². The zero-order chi connectivity index (χ0) is 19.1. The lowest BCUT2D eigenvalue weighted by Gasteiger charge is -2.25. The van der Waals surface area contributed by atoms with Gasteiger partial charge < -0.3 is 10.0 Å². The van der Waals surface area contributed by atoms with Crippen LogP contribution in [0.25, 0.3) is 10.8 Å². The number of hydrogen-bond acceptors (Lipinski definition) is 2. The van der Waals surface area contributed by atoms with Gasteiger partial charge in [-0.25, -0.2) is 0 Å². The average Bonchev–Trinajstić information content (AvgIpc) is 2.72. The van der Waals surface area contributed by atoms with Crippen LogP contribution in [-0.2, 0) is 12.8 Å². The first kappa shape index (κ1) is 20.4. The third kappa shape index (κ3) is 5.12. The molecule has 1 N–H and O–H groups in total. The first-order chi connectivity index (χ1) is 13.2. The van der Waals surface area contributed by atoms with Crippen molar-refractivity contribution in [3.05, 3.63) is 47.0 Å². The van der Waals surface area contributed by atoms with Gasteiger partial charge in [0.25, 0.3) is 0 Å². The number of nitrogens with zero attached hydrogens (tertiary/aromatic N) is 1. The third-order valence-corrected chi connectivity index (χ3v) is 6.14. The molecule has 0 saturated heterocycles. The van der Waals surface area contributed by atoms with Crippen LogP contribution in [0, 0.1) is 0 Å². The minimum atomic E-state index is -0.368. The molecule has 1 aliphatic rings. The predicted octanol–water partition coefficient (Wildman–Crippen LogP) is 6.04. The van der Waals surface area contributed by atoms with Crippen molar-refractivity contribution in [3.63, 3.8) is 0 Å². The molecule has 2 aromatic carbocycles. The Labute approximate surface area is 165 Å². The quantitative estimate of drug-likeness (QED) is 0.553. The molecule has 0 aliphatic heterocycles. The second-order valence-corrected chi connectivity index (χ2v) is 8.21. The van der Waals surface area contributed by atoms with Crippen LogP contribution in [0.1, 0.15) is 81.6 Å². The maximum absolute atomic E-state index is 11.1. The fraction of sp³-hybridized carbons (Fsp3) is 0.600. The molecular weight excluding hydrogens is 330 g/mol. The molecule has 148 valence electrons. The number of aliphatic hydroxyl groups excluding tert-OH is 1. The van der Waals surface area contributed by atoms with E-state index in [2.05, 4.69) is 49.1 Å². The van der Waals surface area contributed by atoms with E-state index in [1.165, 1.54) is 73.3 Å². The van der Waals surface area contributed by atoms with Gasteiger partial charge >= 0.3 is 0 Å². The van der Waals surface area contributed by atoms with Crippen LogP contribution < -0.4 is 0 Å². The molecule has 1 aliphatic carbocycles. The third-order valence-electron chi connectivity index (χ3n) is 6.14. The van der Waals surface area contributed by atoms with Crippen molar-refractivity contribution < 1.29 is 5.11 Å². The normalized spacial score (nSPS) is 15.3. The molecule has 1 atom stereocenters. The summed E-state index contributed by atoms with van der Waals surface area (Å²) in [5.74, 6) is 0. The Kier molecular flexibility index (Phi) is 7.72. The van der Waals surface area contributed by atoms with E-state index in [-0.39, 0.29) is 6.10 Å². The largest absolute Gasteiger partial charge is 0.388 e. The van der Waals surface area contributed by atoms with Crippen LogP contribution in [0.5, 0.6) is 0 Å². The smallest absolute Gasteiger partial charge is 0.0808 e. The Hall–Kier alpha value is -1.38. The van der Waals surface area contributed by atoms with Crippen LogP contribution in [-0.4, -0.2) is 29.6 Å². The molecule has 3 rings (SSSR count). The Morgan fingerprint density at radius 2 is 1.59 bits per heavy atom. The number of unbranched alkanes of at least 4 members (excludes halogenated alkanes) is 2. The Balaban J connectivity index is 1.77. The van der Waals surface area contributed by atoms with E-state index in [0.717, 1.165) is 31.6 Å². The van der Waals surface area contributed by atoms with Gasteiger partial charge in [0.15, 0.2) is 0 Å². The van der Waals surface area contributed by atoms with Gasteiger partial charge in [-0.05, 0) is 85.5 Å². The van der Waals surface area contributed by atoms with E-state index >= 15 is 0 Å². The number of aliphatic hydroxyl groups is 1. The molecule has 0 fully saturated rings. The van der Waals surface area contributed by atoms with E-state index in [1.807, 2.05) is 0 Å². The van der Waals surface area contributed by atoms with Crippen LogP contribution in [0.2, 0.25) is 0 Å². The lowest BCUT2D eigenvalue weighted by Crippen LogP contribution is -2.28. The molecule has 0 heterocycles. The van der Waals surface area contributed by atoms with Crippen LogP contribution >= 0.6 is 0 Å². The first-order valence-electron chi connectivity index (χ1n) is 11.2. The Bertz CT molecular complexity index is 716. The van der Waals surface area contributed by atoms with Gasteiger partial charge in [-0.15, -0.1) is 0 Å². The van der Waals surface area contributed by atoms with Gasteiger partial charge in [0.1, 0.15) is 0 Å². The summed E-state index contributed by atoms with van der Waals surface area (Å²) in [4.78, 5) is 2.55. The summed E-state index contributed by atoms with van der Waals surface area (Å²) >= 11 is 0. The number of benzene rings is 2.